The summed E-state index contributed by atoms with van der Waals surface area (Å²) < 4.78 is 1.13. The summed E-state index contributed by atoms with van der Waals surface area (Å²) in [4.78, 5) is 19.1. The Morgan fingerprint density at radius 2 is 2.40 bits per heavy atom. The molecule has 4 nitrogen and oxygen atoms in total. The van der Waals surface area contributed by atoms with E-state index in [1.165, 1.54) is 19.5 Å². The zero-order valence-electron chi connectivity index (χ0n) is 11.2. The van der Waals surface area contributed by atoms with E-state index in [1.807, 2.05) is 17.5 Å². The van der Waals surface area contributed by atoms with E-state index < -0.39 is 0 Å². The van der Waals surface area contributed by atoms with Crippen LogP contribution in [0, 0.1) is 5.92 Å². The van der Waals surface area contributed by atoms with Gasteiger partial charge in [-0.15, -0.1) is 11.3 Å². The average molecular weight is 287 g/mol. The van der Waals surface area contributed by atoms with Gasteiger partial charge < -0.3 is 10.2 Å². The molecule has 2 aromatic heterocycles. The fraction of sp³-hybridized carbons (Fsp3) is 0.467. The minimum absolute atomic E-state index is 0.0365. The second-order valence-electron chi connectivity index (χ2n) is 5.85. The molecule has 0 saturated carbocycles. The standard InChI is InChI=1S/C15H17N3OS/c19-15(13-6-11-2-4-20-14(11)7-16-13)17-12-5-10-1-3-18(8-10)9-12/h2,4,6-7,10,12H,1,3,5,8-9H2,(H,17,19)/t10-,12+/m0/s1. The van der Waals surface area contributed by atoms with Crippen LogP contribution in [0.15, 0.2) is 23.7 Å². The van der Waals surface area contributed by atoms with Gasteiger partial charge in [-0.05, 0) is 48.2 Å². The molecule has 20 heavy (non-hydrogen) atoms. The van der Waals surface area contributed by atoms with Crippen LogP contribution in [-0.2, 0) is 0 Å². The summed E-state index contributed by atoms with van der Waals surface area (Å²) in [6.07, 6.45) is 4.19. The van der Waals surface area contributed by atoms with Crippen molar-refractivity contribution in [1.82, 2.24) is 15.2 Å². The minimum atomic E-state index is -0.0365. The van der Waals surface area contributed by atoms with Gasteiger partial charge in [-0.1, -0.05) is 0 Å². The van der Waals surface area contributed by atoms with Crippen LogP contribution >= 0.6 is 11.3 Å². The number of piperidine rings is 1. The van der Waals surface area contributed by atoms with E-state index in [0.29, 0.717) is 5.69 Å². The smallest absolute Gasteiger partial charge is 0.270 e. The number of pyridine rings is 1. The summed E-state index contributed by atoms with van der Waals surface area (Å²) in [7, 11) is 0. The molecule has 1 unspecified atom stereocenters. The van der Waals surface area contributed by atoms with Crippen LogP contribution < -0.4 is 5.32 Å². The topological polar surface area (TPSA) is 45.2 Å². The predicted octanol–water partition coefficient (Wildman–Crippen LogP) is 2.12. The lowest BCUT2D eigenvalue weighted by molar-refractivity contribution is 0.0904. The Labute approximate surface area is 121 Å². The molecular formula is C15H17N3OS. The number of hydrogen-bond donors (Lipinski definition) is 1. The number of hydrogen-bond acceptors (Lipinski definition) is 4. The van der Waals surface area contributed by atoms with Crippen molar-refractivity contribution in [2.45, 2.75) is 18.9 Å². The van der Waals surface area contributed by atoms with Gasteiger partial charge in [0.25, 0.3) is 5.91 Å². The van der Waals surface area contributed by atoms with Gasteiger partial charge in [-0.3, -0.25) is 4.79 Å². The molecule has 0 radical (unpaired) electrons. The SMILES string of the molecule is O=C(N[C@@H]1C[C@@H]2CCN(C2)C1)c1cc2ccsc2cn1. The van der Waals surface area contributed by atoms with E-state index in [1.54, 1.807) is 17.5 Å². The molecule has 0 spiro atoms. The third-order valence-electron chi connectivity index (χ3n) is 4.37. The predicted molar refractivity (Wildman–Crippen MR) is 80.0 cm³/mol. The molecule has 4 rings (SSSR count). The molecule has 1 N–H and O–H groups in total. The summed E-state index contributed by atoms with van der Waals surface area (Å²) in [6, 6.07) is 4.20. The highest BCUT2D eigenvalue weighted by atomic mass is 32.1. The van der Waals surface area contributed by atoms with Crippen molar-refractivity contribution in [3.8, 4) is 0 Å². The molecule has 2 fully saturated rings. The van der Waals surface area contributed by atoms with E-state index in [9.17, 15) is 4.79 Å². The number of nitrogens with one attached hydrogen (secondary N) is 1. The Morgan fingerprint density at radius 3 is 3.30 bits per heavy atom. The van der Waals surface area contributed by atoms with Gasteiger partial charge in [0.15, 0.2) is 0 Å². The van der Waals surface area contributed by atoms with Crippen molar-refractivity contribution >= 4 is 27.3 Å². The van der Waals surface area contributed by atoms with Crippen molar-refractivity contribution in [3.63, 3.8) is 0 Å². The Hall–Kier alpha value is -1.46. The summed E-state index contributed by atoms with van der Waals surface area (Å²) in [5.74, 6) is 0.729. The molecule has 0 aliphatic carbocycles. The van der Waals surface area contributed by atoms with Gasteiger partial charge in [0.2, 0.25) is 0 Å². The van der Waals surface area contributed by atoms with E-state index in [0.717, 1.165) is 29.0 Å². The number of carbonyl (C=O) groups is 1. The number of rotatable bonds is 2. The fourth-order valence-corrected chi connectivity index (χ4v) is 4.15. The number of aromatic nitrogens is 1. The maximum atomic E-state index is 12.3. The Morgan fingerprint density at radius 1 is 1.45 bits per heavy atom. The average Bonchev–Trinajstić information content (AvgIpc) is 3.04. The van der Waals surface area contributed by atoms with E-state index in [-0.39, 0.29) is 11.9 Å². The zero-order chi connectivity index (χ0) is 13.5. The minimum Gasteiger partial charge on any atom is -0.347 e. The van der Waals surface area contributed by atoms with Crippen molar-refractivity contribution in [1.29, 1.82) is 0 Å². The third kappa shape index (κ3) is 2.21. The van der Waals surface area contributed by atoms with Crippen LogP contribution in [-0.4, -0.2) is 41.5 Å². The molecule has 1 amide bonds. The van der Waals surface area contributed by atoms with Crippen molar-refractivity contribution in [2.75, 3.05) is 19.6 Å². The third-order valence-corrected chi connectivity index (χ3v) is 5.24. The van der Waals surface area contributed by atoms with Crippen molar-refractivity contribution in [3.05, 3.63) is 29.4 Å². The van der Waals surface area contributed by atoms with Crippen molar-refractivity contribution in [2.24, 2.45) is 5.92 Å². The molecule has 4 heterocycles. The van der Waals surface area contributed by atoms with E-state index in [4.69, 9.17) is 0 Å². The highest BCUT2D eigenvalue weighted by Gasteiger charge is 2.33. The summed E-state index contributed by atoms with van der Waals surface area (Å²) in [5, 5.41) is 6.28. The normalized spacial score (nSPS) is 28.7. The molecule has 5 heteroatoms. The van der Waals surface area contributed by atoms with E-state index in [2.05, 4.69) is 15.2 Å². The molecule has 2 aliphatic rings. The van der Waals surface area contributed by atoms with Crippen LogP contribution in [0.5, 0.6) is 0 Å². The van der Waals surface area contributed by atoms with Crippen LogP contribution in [0.1, 0.15) is 23.3 Å². The molecule has 2 bridgehead atoms. The number of fused-ring (bicyclic) bond motifs is 3. The Bertz CT molecular complexity index is 641. The highest BCUT2D eigenvalue weighted by molar-refractivity contribution is 7.17. The lowest BCUT2D eigenvalue weighted by Gasteiger charge is -2.30. The van der Waals surface area contributed by atoms with Crippen LogP contribution in [0.3, 0.4) is 0 Å². The van der Waals surface area contributed by atoms with Gasteiger partial charge in [0, 0.05) is 25.3 Å². The molecule has 104 valence electrons. The lowest BCUT2D eigenvalue weighted by atomic mass is 9.97. The zero-order valence-corrected chi connectivity index (χ0v) is 12.0. The van der Waals surface area contributed by atoms with Gasteiger partial charge in [-0.2, -0.15) is 0 Å². The van der Waals surface area contributed by atoms with Gasteiger partial charge >= 0.3 is 0 Å². The Kier molecular flexibility index (Phi) is 2.97. The Balaban J connectivity index is 1.49. The monoisotopic (exact) mass is 287 g/mol. The quantitative estimate of drug-likeness (QED) is 0.920. The summed E-state index contributed by atoms with van der Waals surface area (Å²) in [5.41, 5.74) is 0.531. The van der Waals surface area contributed by atoms with Gasteiger partial charge in [-0.25, -0.2) is 4.98 Å². The second kappa shape index (κ2) is 4.82. The van der Waals surface area contributed by atoms with Crippen molar-refractivity contribution < 1.29 is 4.79 Å². The second-order valence-corrected chi connectivity index (χ2v) is 6.80. The van der Waals surface area contributed by atoms with Crippen LogP contribution in [0.4, 0.5) is 0 Å². The van der Waals surface area contributed by atoms with Crippen LogP contribution in [0.2, 0.25) is 0 Å². The molecule has 3 atom stereocenters. The van der Waals surface area contributed by atoms with Gasteiger partial charge in [0.05, 0.1) is 4.70 Å². The summed E-state index contributed by atoms with van der Waals surface area (Å²) in [6.45, 7) is 3.39. The first-order chi connectivity index (χ1) is 9.78. The first kappa shape index (κ1) is 12.3. The fourth-order valence-electron chi connectivity index (χ4n) is 3.42. The molecule has 2 saturated heterocycles. The number of carbonyl (C=O) groups excluding carboxylic acids is 1. The summed E-state index contributed by atoms with van der Waals surface area (Å²) >= 11 is 1.65. The number of nitrogens with zero attached hydrogens (tertiary/aromatic N) is 2. The number of amides is 1. The first-order valence-electron chi connectivity index (χ1n) is 7.14. The highest BCUT2D eigenvalue weighted by Crippen LogP contribution is 2.27. The molecule has 2 aromatic rings. The maximum absolute atomic E-state index is 12.3. The van der Waals surface area contributed by atoms with E-state index >= 15 is 0 Å². The van der Waals surface area contributed by atoms with Crippen LogP contribution in [0.25, 0.3) is 10.1 Å². The lowest BCUT2D eigenvalue weighted by Crippen LogP contribution is -2.47. The molecule has 2 aliphatic heterocycles. The van der Waals surface area contributed by atoms with Gasteiger partial charge in [0.1, 0.15) is 5.69 Å². The number of thiophene rings is 1. The maximum Gasteiger partial charge on any atom is 0.270 e. The molecular weight excluding hydrogens is 270 g/mol. The molecule has 0 aromatic carbocycles. The first-order valence-corrected chi connectivity index (χ1v) is 8.02. The largest absolute Gasteiger partial charge is 0.347 e.